The van der Waals surface area contributed by atoms with Crippen LogP contribution in [0.2, 0.25) is 0 Å². The van der Waals surface area contributed by atoms with Crippen molar-refractivity contribution < 1.29 is 0 Å². The summed E-state index contributed by atoms with van der Waals surface area (Å²) < 4.78 is 0. The summed E-state index contributed by atoms with van der Waals surface area (Å²) in [6.45, 7) is 0.798. The van der Waals surface area contributed by atoms with Crippen LogP contribution < -0.4 is 0 Å². The predicted molar refractivity (Wildman–Crippen MR) is 77.5 cm³/mol. The van der Waals surface area contributed by atoms with Gasteiger partial charge in [0, 0.05) is 13.0 Å². The smallest absolute Gasteiger partial charge is 0.102 e. The summed E-state index contributed by atoms with van der Waals surface area (Å²) in [4.78, 5) is 2.10. The van der Waals surface area contributed by atoms with E-state index in [-0.39, 0.29) is 6.04 Å². The van der Waals surface area contributed by atoms with Gasteiger partial charge >= 0.3 is 0 Å². The van der Waals surface area contributed by atoms with Crippen molar-refractivity contribution in [1.29, 1.82) is 5.26 Å². The van der Waals surface area contributed by atoms with E-state index in [2.05, 4.69) is 35.2 Å². The zero-order chi connectivity index (χ0) is 13.5. The second kappa shape index (κ2) is 6.72. The van der Waals surface area contributed by atoms with Crippen LogP contribution in [0.25, 0.3) is 0 Å². The molecule has 0 aromatic heterocycles. The fraction of sp³-hybridized carbons (Fsp3) is 0.235. The van der Waals surface area contributed by atoms with E-state index in [9.17, 15) is 5.26 Å². The van der Waals surface area contributed by atoms with Gasteiger partial charge in [-0.2, -0.15) is 5.26 Å². The van der Waals surface area contributed by atoms with Crippen molar-refractivity contribution >= 4 is 0 Å². The summed E-state index contributed by atoms with van der Waals surface area (Å²) >= 11 is 0. The van der Waals surface area contributed by atoms with Gasteiger partial charge in [-0.25, -0.2) is 0 Å². The van der Waals surface area contributed by atoms with Crippen molar-refractivity contribution in [3.63, 3.8) is 0 Å². The van der Waals surface area contributed by atoms with Crippen LogP contribution in [0.15, 0.2) is 60.7 Å². The molecule has 0 bridgehead atoms. The van der Waals surface area contributed by atoms with Crippen LogP contribution in [0.1, 0.15) is 11.1 Å². The quantitative estimate of drug-likeness (QED) is 0.814. The maximum absolute atomic E-state index is 9.34. The van der Waals surface area contributed by atoms with Crippen LogP contribution in [0.4, 0.5) is 0 Å². The number of rotatable bonds is 5. The van der Waals surface area contributed by atoms with Crippen molar-refractivity contribution in [1.82, 2.24) is 4.90 Å². The summed E-state index contributed by atoms with van der Waals surface area (Å²) in [5, 5.41) is 9.34. The number of hydrogen-bond donors (Lipinski definition) is 0. The van der Waals surface area contributed by atoms with E-state index < -0.39 is 0 Å². The molecule has 1 unspecified atom stereocenters. The highest BCUT2D eigenvalue weighted by molar-refractivity contribution is 5.19. The van der Waals surface area contributed by atoms with Gasteiger partial charge in [0.25, 0.3) is 0 Å². The van der Waals surface area contributed by atoms with Gasteiger partial charge in [-0.1, -0.05) is 60.7 Å². The average Bonchev–Trinajstić information content (AvgIpc) is 2.47. The minimum Gasteiger partial charge on any atom is -0.287 e. The largest absolute Gasteiger partial charge is 0.287 e. The van der Waals surface area contributed by atoms with Gasteiger partial charge in [0.05, 0.1) is 6.07 Å². The fourth-order valence-electron chi connectivity index (χ4n) is 2.12. The Morgan fingerprint density at radius 2 is 1.47 bits per heavy atom. The monoisotopic (exact) mass is 250 g/mol. The van der Waals surface area contributed by atoms with Crippen LogP contribution in [0.3, 0.4) is 0 Å². The third-order valence-corrected chi connectivity index (χ3v) is 3.23. The summed E-state index contributed by atoms with van der Waals surface area (Å²) in [7, 11) is 2.00. The molecule has 0 radical (unpaired) electrons. The molecule has 2 aromatic rings. The maximum Gasteiger partial charge on any atom is 0.102 e. The predicted octanol–water partition coefficient (Wildman–Crippen LogP) is 3.25. The van der Waals surface area contributed by atoms with E-state index in [1.807, 2.05) is 43.4 Å². The molecule has 96 valence electrons. The van der Waals surface area contributed by atoms with Crippen LogP contribution >= 0.6 is 0 Å². The molecule has 0 aliphatic heterocycles. The lowest BCUT2D eigenvalue weighted by Gasteiger charge is -2.22. The van der Waals surface area contributed by atoms with Gasteiger partial charge in [-0.15, -0.1) is 0 Å². The van der Waals surface area contributed by atoms with E-state index >= 15 is 0 Å². The highest BCUT2D eigenvalue weighted by Gasteiger charge is 2.14. The Balaban J connectivity index is 2.00. The van der Waals surface area contributed by atoms with E-state index in [0.29, 0.717) is 0 Å². The van der Waals surface area contributed by atoms with E-state index in [0.717, 1.165) is 13.0 Å². The molecule has 0 saturated carbocycles. The molecule has 2 nitrogen and oxygen atoms in total. The first-order chi connectivity index (χ1) is 9.29. The first-order valence-electron chi connectivity index (χ1n) is 6.47. The Bertz CT molecular complexity index is 528. The maximum atomic E-state index is 9.34. The van der Waals surface area contributed by atoms with Crippen molar-refractivity contribution in [2.24, 2.45) is 0 Å². The lowest BCUT2D eigenvalue weighted by molar-refractivity contribution is 0.277. The van der Waals surface area contributed by atoms with Gasteiger partial charge in [0.1, 0.15) is 6.04 Å². The van der Waals surface area contributed by atoms with Gasteiger partial charge in [0.2, 0.25) is 0 Å². The number of likely N-dealkylation sites (N-methyl/N-ethyl adjacent to an activating group) is 1. The van der Waals surface area contributed by atoms with Crippen molar-refractivity contribution in [2.75, 3.05) is 7.05 Å². The number of nitrogens with zero attached hydrogens (tertiary/aromatic N) is 2. The molecule has 0 N–H and O–H groups in total. The average molecular weight is 250 g/mol. The molecule has 0 heterocycles. The van der Waals surface area contributed by atoms with E-state index in [4.69, 9.17) is 0 Å². The SMILES string of the molecule is CN(Cc1ccccc1)C(C#N)Cc1ccccc1. The first kappa shape index (κ1) is 13.3. The molecule has 0 spiro atoms. The standard InChI is InChI=1S/C17H18N2/c1-19(14-16-10-6-3-7-11-16)17(13-18)12-15-8-4-2-5-9-15/h2-11,17H,12,14H2,1H3. The fourth-order valence-corrected chi connectivity index (χ4v) is 2.12. The molecule has 0 saturated heterocycles. The molecule has 0 fully saturated rings. The third kappa shape index (κ3) is 3.94. The Hall–Kier alpha value is -2.11. The van der Waals surface area contributed by atoms with Gasteiger partial charge in [-0.05, 0) is 18.2 Å². The Morgan fingerprint density at radius 1 is 0.947 bits per heavy atom. The van der Waals surface area contributed by atoms with Crippen molar-refractivity contribution in [3.05, 3.63) is 71.8 Å². The van der Waals surface area contributed by atoms with Gasteiger partial charge in [0.15, 0.2) is 0 Å². The Morgan fingerprint density at radius 3 is 2.00 bits per heavy atom. The minimum absolute atomic E-state index is 0.0948. The van der Waals surface area contributed by atoms with Crippen LogP contribution in [0, 0.1) is 11.3 Å². The molecule has 1 atom stereocenters. The van der Waals surface area contributed by atoms with Crippen LogP contribution in [0.5, 0.6) is 0 Å². The Labute approximate surface area is 114 Å². The summed E-state index contributed by atoms with van der Waals surface area (Å²) in [5.41, 5.74) is 2.44. The molecule has 2 heteroatoms. The molecule has 0 aliphatic carbocycles. The second-order valence-electron chi connectivity index (χ2n) is 4.74. The second-order valence-corrected chi connectivity index (χ2v) is 4.74. The third-order valence-electron chi connectivity index (χ3n) is 3.23. The number of benzene rings is 2. The topological polar surface area (TPSA) is 27.0 Å². The van der Waals surface area contributed by atoms with Crippen LogP contribution in [-0.2, 0) is 13.0 Å². The van der Waals surface area contributed by atoms with Gasteiger partial charge < -0.3 is 0 Å². The molecule has 0 aliphatic rings. The zero-order valence-electron chi connectivity index (χ0n) is 11.2. The number of nitriles is 1. The lowest BCUT2D eigenvalue weighted by Crippen LogP contribution is -2.31. The normalized spacial score (nSPS) is 12.1. The van der Waals surface area contributed by atoms with Crippen LogP contribution in [-0.4, -0.2) is 18.0 Å². The molecule has 2 rings (SSSR count). The van der Waals surface area contributed by atoms with Gasteiger partial charge in [-0.3, -0.25) is 4.90 Å². The molecule has 19 heavy (non-hydrogen) atoms. The molecule has 0 amide bonds. The number of hydrogen-bond acceptors (Lipinski definition) is 2. The summed E-state index contributed by atoms with van der Waals surface area (Å²) in [6, 6.07) is 22.7. The molecular formula is C17H18N2. The Kier molecular flexibility index (Phi) is 4.72. The first-order valence-corrected chi connectivity index (χ1v) is 6.47. The summed E-state index contributed by atoms with van der Waals surface area (Å²) in [6.07, 6.45) is 0.765. The van der Waals surface area contributed by atoms with Crippen molar-refractivity contribution in [2.45, 2.75) is 19.0 Å². The van der Waals surface area contributed by atoms with Crippen molar-refractivity contribution in [3.8, 4) is 6.07 Å². The molecular weight excluding hydrogens is 232 g/mol. The minimum atomic E-state index is -0.0948. The highest BCUT2D eigenvalue weighted by atomic mass is 15.1. The lowest BCUT2D eigenvalue weighted by atomic mass is 10.1. The zero-order valence-corrected chi connectivity index (χ0v) is 11.2. The van der Waals surface area contributed by atoms with E-state index in [1.54, 1.807) is 0 Å². The molecule has 2 aromatic carbocycles. The summed E-state index contributed by atoms with van der Waals surface area (Å²) in [5.74, 6) is 0. The van der Waals surface area contributed by atoms with E-state index in [1.165, 1.54) is 11.1 Å². The highest BCUT2D eigenvalue weighted by Crippen LogP contribution is 2.10.